The van der Waals surface area contributed by atoms with Crippen LogP contribution < -0.4 is 11.1 Å². The quantitative estimate of drug-likeness (QED) is 0.336. The number of non-ortho nitro benzene ring substituents is 1. The largest absolute Gasteiger partial charge is 0.467 e. The molecule has 11 heteroatoms. The standard InChI is InChI=1S/C18H14BrN3O7/c1-28-17(24)16(10-2-4-11(19)5-3-10)20-15(23)9-21-13-7-6-12(22(26)27)8-14(13)29-18(21)25/h2-8,16H,9H2,1H3,(H,20,23). The lowest BCUT2D eigenvalue weighted by molar-refractivity contribution is -0.384. The van der Waals surface area contributed by atoms with Crippen molar-refractivity contribution in [1.82, 2.24) is 9.88 Å². The van der Waals surface area contributed by atoms with Gasteiger partial charge in [-0.25, -0.2) is 9.59 Å². The Hall–Kier alpha value is -3.47. The van der Waals surface area contributed by atoms with Crippen molar-refractivity contribution in [2.45, 2.75) is 12.6 Å². The van der Waals surface area contributed by atoms with Crippen molar-refractivity contribution in [1.29, 1.82) is 0 Å². The smallest absolute Gasteiger partial charge is 0.420 e. The van der Waals surface area contributed by atoms with E-state index in [9.17, 15) is 24.5 Å². The number of aromatic nitrogens is 1. The summed E-state index contributed by atoms with van der Waals surface area (Å²) in [7, 11) is 1.20. The van der Waals surface area contributed by atoms with E-state index in [0.29, 0.717) is 5.56 Å². The normalized spacial score (nSPS) is 11.8. The second-order valence-corrected chi connectivity index (χ2v) is 6.85. The number of nitro benzene ring substituents is 1. The van der Waals surface area contributed by atoms with Crippen LogP contribution in [0.25, 0.3) is 11.1 Å². The van der Waals surface area contributed by atoms with Crippen molar-refractivity contribution in [3.63, 3.8) is 0 Å². The van der Waals surface area contributed by atoms with Crippen molar-refractivity contribution in [3.8, 4) is 0 Å². The number of amides is 1. The zero-order valence-corrected chi connectivity index (χ0v) is 16.5. The zero-order chi connectivity index (χ0) is 21.1. The summed E-state index contributed by atoms with van der Waals surface area (Å²) in [6, 6.07) is 9.24. The summed E-state index contributed by atoms with van der Waals surface area (Å²) in [5, 5.41) is 13.4. The second-order valence-electron chi connectivity index (χ2n) is 5.94. The van der Waals surface area contributed by atoms with Crippen LogP contribution in [0.15, 0.2) is 56.1 Å². The highest BCUT2D eigenvalue weighted by atomic mass is 79.9. The number of hydrogen-bond acceptors (Lipinski definition) is 7. The van der Waals surface area contributed by atoms with Gasteiger partial charge in [0.1, 0.15) is 6.54 Å². The summed E-state index contributed by atoms with van der Waals surface area (Å²) < 4.78 is 11.5. The van der Waals surface area contributed by atoms with Crippen LogP contribution in [0.4, 0.5) is 5.69 Å². The first-order valence-corrected chi connectivity index (χ1v) is 9.00. The topological polar surface area (TPSA) is 134 Å². The number of methoxy groups -OCH3 is 1. The Morgan fingerprint density at radius 1 is 1.28 bits per heavy atom. The number of nitrogens with zero attached hydrogens (tertiary/aromatic N) is 2. The summed E-state index contributed by atoms with van der Waals surface area (Å²) in [6.45, 7) is -0.451. The van der Waals surface area contributed by atoms with Crippen molar-refractivity contribution in [2.24, 2.45) is 0 Å². The molecule has 1 heterocycles. The Labute approximate surface area is 171 Å². The van der Waals surface area contributed by atoms with Crippen molar-refractivity contribution in [3.05, 3.63) is 73.2 Å². The monoisotopic (exact) mass is 463 g/mol. The molecule has 2 aromatic carbocycles. The minimum Gasteiger partial charge on any atom is -0.467 e. The number of nitro groups is 1. The molecule has 3 rings (SSSR count). The first-order valence-electron chi connectivity index (χ1n) is 8.20. The molecule has 150 valence electrons. The maximum atomic E-state index is 12.5. The molecule has 0 aliphatic rings. The lowest BCUT2D eigenvalue weighted by atomic mass is 10.1. The average molecular weight is 464 g/mol. The van der Waals surface area contributed by atoms with E-state index >= 15 is 0 Å². The van der Waals surface area contributed by atoms with E-state index in [4.69, 9.17) is 9.15 Å². The number of hydrogen-bond donors (Lipinski definition) is 1. The van der Waals surface area contributed by atoms with Gasteiger partial charge in [-0.2, -0.15) is 0 Å². The highest BCUT2D eigenvalue weighted by Gasteiger charge is 2.24. The van der Waals surface area contributed by atoms with Gasteiger partial charge in [0.25, 0.3) is 5.69 Å². The third-order valence-corrected chi connectivity index (χ3v) is 4.64. The Balaban J connectivity index is 1.86. The number of oxazole rings is 1. The molecule has 1 unspecified atom stereocenters. The summed E-state index contributed by atoms with van der Waals surface area (Å²) in [5.41, 5.74) is 0.445. The molecule has 3 aromatic rings. The van der Waals surface area contributed by atoms with Crippen molar-refractivity contribution >= 4 is 44.6 Å². The van der Waals surface area contributed by atoms with Gasteiger partial charge < -0.3 is 14.5 Å². The van der Waals surface area contributed by atoms with E-state index < -0.39 is 35.1 Å². The van der Waals surface area contributed by atoms with Crippen LogP contribution >= 0.6 is 15.9 Å². The summed E-state index contributed by atoms with van der Waals surface area (Å²) in [4.78, 5) is 46.9. The Kier molecular flexibility index (Phi) is 5.78. The van der Waals surface area contributed by atoms with Gasteiger partial charge in [-0.1, -0.05) is 28.1 Å². The molecule has 0 saturated heterocycles. The Morgan fingerprint density at radius 2 is 1.97 bits per heavy atom. The maximum absolute atomic E-state index is 12.5. The van der Waals surface area contributed by atoms with Crippen LogP contribution in [-0.4, -0.2) is 28.5 Å². The van der Waals surface area contributed by atoms with Gasteiger partial charge in [0.2, 0.25) is 5.91 Å². The van der Waals surface area contributed by atoms with E-state index in [0.717, 1.165) is 15.1 Å². The molecule has 29 heavy (non-hydrogen) atoms. The summed E-state index contributed by atoms with van der Waals surface area (Å²) >= 11 is 3.29. The fourth-order valence-electron chi connectivity index (χ4n) is 2.72. The van der Waals surface area contributed by atoms with Gasteiger partial charge >= 0.3 is 11.7 Å². The number of esters is 1. The van der Waals surface area contributed by atoms with Gasteiger partial charge in [-0.15, -0.1) is 0 Å². The number of carbonyl (C=O) groups is 2. The van der Waals surface area contributed by atoms with Crippen LogP contribution in [0.5, 0.6) is 0 Å². The molecule has 0 aliphatic heterocycles. The molecule has 0 aliphatic carbocycles. The lowest BCUT2D eigenvalue weighted by Gasteiger charge is -2.17. The zero-order valence-electron chi connectivity index (χ0n) is 15.0. The number of halogens is 1. The number of benzene rings is 2. The minimum absolute atomic E-state index is 0.0190. The molecular weight excluding hydrogens is 450 g/mol. The Bertz CT molecular complexity index is 1150. The third kappa shape index (κ3) is 4.35. The van der Waals surface area contributed by atoms with E-state index in [1.54, 1.807) is 24.3 Å². The number of carbonyl (C=O) groups excluding carboxylic acids is 2. The van der Waals surface area contributed by atoms with Crippen LogP contribution in [0.1, 0.15) is 11.6 Å². The van der Waals surface area contributed by atoms with E-state index in [-0.39, 0.29) is 16.8 Å². The SMILES string of the molecule is COC(=O)C(NC(=O)Cn1c(=O)oc2cc([N+](=O)[O-])ccc21)c1ccc(Br)cc1. The predicted octanol–water partition coefficient (Wildman–Crippen LogP) is 2.30. The highest BCUT2D eigenvalue weighted by Crippen LogP contribution is 2.21. The maximum Gasteiger partial charge on any atom is 0.420 e. The van der Waals surface area contributed by atoms with Gasteiger partial charge in [0.15, 0.2) is 11.6 Å². The Morgan fingerprint density at radius 3 is 2.59 bits per heavy atom. The third-order valence-electron chi connectivity index (χ3n) is 4.11. The van der Waals surface area contributed by atoms with Crippen LogP contribution in [-0.2, 0) is 20.9 Å². The van der Waals surface area contributed by atoms with E-state index in [2.05, 4.69) is 21.2 Å². The van der Waals surface area contributed by atoms with Crippen LogP contribution in [0.2, 0.25) is 0 Å². The fourth-order valence-corrected chi connectivity index (χ4v) is 2.98. The van der Waals surface area contributed by atoms with Crippen molar-refractivity contribution in [2.75, 3.05) is 7.11 Å². The second kappa shape index (κ2) is 8.27. The average Bonchev–Trinajstić information content (AvgIpc) is 3.00. The molecule has 1 atom stereocenters. The molecule has 0 saturated carbocycles. The molecular formula is C18H14BrN3O7. The first-order chi connectivity index (χ1) is 13.8. The minimum atomic E-state index is -1.07. The summed E-state index contributed by atoms with van der Waals surface area (Å²) in [6.07, 6.45) is 0. The molecule has 0 spiro atoms. The van der Waals surface area contributed by atoms with Gasteiger partial charge in [-0.05, 0) is 23.8 Å². The van der Waals surface area contributed by atoms with E-state index in [1.807, 2.05) is 0 Å². The number of nitrogens with one attached hydrogen (secondary N) is 1. The number of rotatable bonds is 6. The fraction of sp³-hybridized carbons (Fsp3) is 0.167. The number of ether oxygens (including phenoxy) is 1. The summed E-state index contributed by atoms with van der Waals surface area (Å²) in [5.74, 6) is -2.18. The van der Waals surface area contributed by atoms with Crippen LogP contribution in [0.3, 0.4) is 0 Å². The predicted molar refractivity (Wildman–Crippen MR) is 104 cm³/mol. The molecule has 10 nitrogen and oxygen atoms in total. The van der Waals surface area contributed by atoms with E-state index in [1.165, 1.54) is 19.2 Å². The molecule has 0 fully saturated rings. The first kappa shape index (κ1) is 20.3. The van der Waals surface area contributed by atoms with Gasteiger partial charge in [0.05, 0.1) is 23.6 Å². The molecule has 0 bridgehead atoms. The molecule has 1 N–H and O–H groups in total. The van der Waals surface area contributed by atoms with Crippen LogP contribution in [0, 0.1) is 10.1 Å². The molecule has 1 amide bonds. The molecule has 1 aromatic heterocycles. The van der Waals surface area contributed by atoms with Crippen molar-refractivity contribution < 1.29 is 23.7 Å². The number of fused-ring (bicyclic) bond motifs is 1. The van der Waals surface area contributed by atoms with Gasteiger partial charge in [0, 0.05) is 10.5 Å². The highest BCUT2D eigenvalue weighted by molar-refractivity contribution is 9.10. The van der Waals surface area contributed by atoms with Gasteiger partial charge in [-0.3, -0.25) is 19.5 Å². The lowest BCUT2D eigenvalue weighted by Crippen LogP contribution is -2.37. The molecule has 0 radical (unpaired) electrons.